The van der Waals surface area contributed by atoms with Crippen LogP contribution in [0, 0.1) is 0 Å². The maximum Gasteiger partial charge on any atom is 0.336 e. The minimum absolute atomic E-state index is 0.253. The monoisotopic (exact) mass is 240 g/mol. The number of aliphatic hydroxyl groups excluding tert-OH is 1. The van der Waals surface area contributed by atoms with E-state index < -0.39 is 11.4 Å². The summed E-state index contributed by atoms with van der Waals surface area (Å²) in [5.74, 6) is -0.953. The molecule has 1 aromatic rings. The number of carboxylic acids is 1. The summed E-state index contributed by atoms with van der Waals surface area (Å²) in [6.07, 6.45) is 2.66. The summed E-state index contributed by atoms with van der Waals surface area (Å²) < 4.78 is 0. The highest BCUT2D eigenvalue weighted by atomic mass is 32.2. The molecule has 3 nitrogen and oxygen atoms in total. The summed E-state index contributed by atoms with van der Waals surface area (Å²) in [4.78, 5) is 11.5. The van der Waals surface area contributed by atoms with Crippen LogP contribution in [0.1, 0.15) is 36.5 Å². The van der Waals surface area contributed by atoms with Crippen LogP contribution in [0.4, 0.5) is 0 Å². The van der Waals surface area contributed by atoms with E-state index in [1.807, 2.05) is 0 Å². The fraction of sp³-hybridized carbons (Fsp3) is 0.417. The summed E-state index contributed by atoms with van der Waals surface area (Å²) in [6, 6.07) is 6.74. The Labute approximate surface area is 99.5 Å². The van der Waals surface area contributed by atoms with Gasteiger partial charge in [-0.3, -0.25) is 0 Å². The lowest BCUT2D eigenvalue weighted by Crippen LogP contribution is -2.04. The number of carbonyl (C=O) groups is 1. The van der Waals surface area contributed by atoms with E-state index in [1.54, 1.807) is 24.3 Å². The van der Waals surface area contributed by atoms with Gasteiger partial charge in [0.25, 0.3) is 0 Å². The van der Waals surface area contributed by atoms with Crippen molar-refractivity contribution in [3.8, 4) is 0 Å². The van der Waals surface area contributed by atoms with Gasteiger partial charge in [0, 0.05) is 4.90 Å². The molecule has 0 bridgehead atoms. The number of rotatable bonds is 6. The minimum Gasteiger partial charge on any atom is -0.478 e. The van der Waals surface area contributed by atoms with Gasteiger partial charge in [0.15, 0.2) is 0 Å². The van der Waals surface area contributed by atoms with Crippen LogP contribution in [-0.2, 0) is 0 Å². The van der Waals surface area contributed by atoms with Gasteiger partial charge in [-0.25, -0.2) is 4.79 Å². The van der Waals surface area contributed by atoms with Crippen molar-refractivity contribution in [3.63, 3.8) is 0 Å². The van der Waals surface area contributed by atoms with Crippen molar-refractivity contribution < 1.29 is 15.0 Å². The molecule has 1 unspecified atom stereocenters. The lowest BCUT2D eigenvalue weighted by Gasteiger charge is -2.11. The highest BCUT2D eigenvalue weighted by molar-refractivity contribution is 7.99. The second kappa shape index (κ2) is 6.55. The van der Waals surface area contributed by atoms with Crippen molar-refractivity contribution in [1.29, 1.82) is 0 Å². The smallest absolute Gasteiger partial charge is 0.336 e. The van der Waals surface area contributed by atoms with Crippen molar-refractivity contribution in [2.24, 2.45) is 0 Å². The zero-order chi connectivity index (χ0) is 12.0. The van der Waals surface area contributed by atoms with Gasteiger partial charge in [0.05, 0.1) is 5.56 Å². The van der Waals surface area contributed by atoms with Crippen LogP contribution in [0.25, 0.3) is 0 Å². The lowest BCUT2D eigenvalue weighted by molar-refractivity contribution is 0.0693. The van der Waals surface area contributed by atoms with E-state index in [0.29, 0.717) is 11.3 Å². The molecule has 0 radical (unpaired) electrons. The van der Waals surface area contributed by atoms with Crippen molar-refractivity contribution in [2.45, 2.75) is 36.5 Å². The first-order valence-corrected chi connectivity index (χ1v) is 6.20. The van der Waals surface area contributed by atoms with Crippen molar-refractivity contribution >= 4 is 17.7 Å². The summed E-state index contributed by atoms with van der Waals surface area (Å²) >= 11 is 1.21. The molecule has 16 heavy (non-hydrogen) atoms. The maximum atomic E-state index is 10.9. The molecule has 4 heteroatoms. The third kappa shape index (κ3) is 3.87. The number of unbranched alkanes of at least 4 members (excludes halogenated alkanes) is 1. The fourth-order valence-corrected chi connectivity index (χ4v) is 2.35. The van der Waals surface area contributed by atoms with Gasteiger partial charge in [-0.1, -0.05) is 43.7 Å². The number of aromatic carboxylic acids is 1. The van der Waals surface area contributed by atoms with Crippen LogP contribution in [0.2, 0.25) is 0 Å². The average molecular weight is 240 g/mol. The van der Waals surface area contributed by atoms with Crippen LogP contribution < -0.4 is 0 Å². The average Bonchev–Trinajstić information content (AvgIpc) is 2.27. The molecule has 0 aliphatic heterocycles. The Morgan fingerprint density at radius 1 is 1.44 bits per heavy atom. The molecule has 0 saturated carbocycles. The van der Waals surface area contributed by atoms with E-state index in [0.717, 1.165) is 12.8 Å². The van der Waals surface area contributed by atoms with Crippen LogP contribution in [0.5, 0.6) is 0 Å². The van der Waals surface area contributed by atoms with E-state index in [4.69, 9.17) is 5.11 Å². The van der Waals surface area contributed by atoms with Crippen LogP contribution in [-0.4, -0.2) is 21.6 Å². The summed E-state index contributed by atoms with van der Waals surface area (Å²) in [5.41, 5.74) is -0.275. The Bertz CT molecular complexity index is 352. The normalized spacial score (nSPS) is 12.4. The molecule has 0 saturated heterocycles. The van der Waals surface area contributed by atoms with E-state index >= 15 is 0 Å². The third-order valence-corrected chi connectivity index (χ3v) is 3.30. The van der Waals surface area contributed by atoms with E-state index in [-0.39, 0.29) is 5.56 Å². The molecule has 1 atom stereocenters. The van der Waals surface area contributed by atoms with E-state index in [1.165, 1.54) is 11.8 Å². The van der Waals surface area contributed by atoms with Crippen LogP contribution >= 0.6 is 11.8 Å². The number of hydrogen-bond donors (Lipinski definition) is 2. The first-order valence-electron chi connectivity index (χ1n) is 5.32. The first kappa shape index (κ1) is 13.1. The van der Waals surface area contributed by atoms with E-state index in [9.17, 15) is 9.90 Å². The largest absolute Gasteiger partial charge is 0.478 e. The predicted molar refractivity (Wildman–Crippen MR) is 64.8 cm³/mol. The number of aliphatic hydroxyl groups is 1. The van der Waals surface area contributed by atoms with Gasteiger partial charge >= 0.3 is 5.97 Å². The van der Waals surface area contributed by atoms with Gasteiger partial charge in [-0.05, 0) is 18.6 Å². The standard InChI is InChI=1S/C12H16O3S/c1-2-3-8-11(13)16-10-7-5-4-6-9(10)12(14)15/h4-7,11,13H,2-3,8H2,1H3,(H,14,15). The molecule has 0 heterocycles. The molecule has 0 aliphatic carbocycles. The van der Waals surface area contributed by atoms with Gasteiger partial charge in [0.2, 0.25) is 0 Å². The molecule has 1 aromatic carbocycles. The van der Waals surface area contributed by atoms with Crippen LogP contribution in [0.15, 0.2) is 29.2 Å². The second-order valence-corrected chi connectivity index (χ2v) is 4.74. The summed E-state index contributed by atoms with van der Waals surface area (Å²) in [5, 5.41) is 18.7. The van der Waals surface area contributed by atoms with Crippen molar-refractivity contribution in [1.82, 2.24) is 0 Å². The first-order chi connectivity index (χ1) is 7.65. The van der Waals surface area contributed by atoms with Gasteiger partial charge in [0.1, 0.15) is 5.44 Å². The Kier molecular flexibility index (Phi) is 5.35. The number of benzene rings is 1. The van der Waals surface area contributed by atoms with Gasteiger partial charge in [-0.2, -0.15) is 0 Å². The molecule has 1 rings (SSSR count). The Hall–Kier alpha value is -1.00. The molecule has 0 amide bonds. The molecular formula is C12H16O3S. The lowest BCUT2D eigenvalue weighted by atomic mass is 10.2. The SMILES string of the molecule is CCCCC(O)Sc1ccccc1C(=O)O. The molecule has 0 aromatic heterocycles. The molecule has 0 fully saturated rings. The zero-order valence-corrected chi connectivity index (χ0v) is 10.0. The van der Waals surface area contributed by atoms with Crippen molar-refractivity contribution in [3.05, 3.63) is 29.8 Å². The Morgan fingerprint density at radius 2 is 2.12 bits per heavy atom. The summed E-state index contributed by atoms with van der Waals surface area (Å²) in [7, 11) is 0. The van der Waals surface area contributed by atoms with Gasteiger partial charge < -0.3 is 10.2 Å². The minimum atomic E-state index is -0.953. The van der Waals surface area contributed by atoms with Crippen molar-refractivity contribution in [2.75, 3.05) is 0 Å². The Morgan fingerprint density at radius 3 is 2.75 bits per heavy atom. The van der Waals surface area contributed by atoms with E-state index in [2.05, 4.69) is 6.92 Å². The molecule has 88 valence electrons. The molecule has 0 spiro atoms. The molecule has 2 N–H and O–H groups in total. The Balaban J connectivity index is 2.69. The fourth-order valence-electron chi connectivity index (χ4n) is 1.33. The second-order valence-electron chi connectivity index (χ2n) is 3.52. The quantitative estimate of drug-likeness (QED) is 0.593. The van der Waals surface area contributed by atoms with Crippen LogP contribution in [0.3, 0.4) is 0 Å². The summed E-state index contributed by atoms with van der Waals surface area (Å²) in [6.45, 7) is 2.06. The molecule has 0 aliphatic rings. The topological polar surface area (TPSA) is 57.5 Å². The number of thioether (sulfide) groups is 1. The highest BCUT2D eigenvalue weighted by Gasteiger charge is 2.13. The third-order valence-electron chi connectivity index (χ3n) is 2.19. The number of carboxylic acid groups (broad SMARTS) is 1. The van der Waals surface area contributed by atoms with Gasteiger partial charge in [-0.15, -0.1) is 0 Å². The highest BCUT2D eigenvalue weighted by Crippen LogP contribution is 2.28. The molecular weight excluding hydrogens is 224 g/mol. The zero-order valence-electron chi connectivity index (χ0n) is 9.22. The predicted octanol–water partition coefficient (Wildman–Crippen LogP) is 2.99. The number of hydrogen-bond acceptors (Lipinski definition) is 3. The maximum absolute atomic E-state index is 10.9.